The first-order chi connectivity index (χ1) is 9.27. The zero-order valence-corrected chi connectivity index (χ0v) is 12.6. The third-order valence-corrected chi connectivity index (χ3v) is 5.96. The first-order valence-electron chi connectivity index (χ1n) is 7.90. The monoisotopic (exact) mass is 285 g/mol. The molecule has 0 aromatic carbocycles. The lowest BCUT2D eigenvalue weighted by Gasteiger charge is -2.44. The molecule has 3 rings (SSSR count). The summed E-state index contributed by atoms with van der Waals surface area (Å²) >= 11 is 2.06. The van der Waals surface area contributed by atoms with Gasteiger partial charge >= 0.3 is 0 Å². The van der Waals surface area contributed by atoms with E-state index in [0.717, 1.165) is 32.3 Å². The van der Waals surface area contributed by atoms with Gasteiger partial charge in [-0.2, -0.15) is 11.8 Å². The number of ether oxygens (including phenoxy) is 2. The topological polar surface area (TPSA) is 44.5 Å². The van der Waals surface area contributed by atoms with Crippen molar-refractivity contribution in [3.63, 3.8) is 0 Å². The molecule has 4 heteroatoms. The molecule has 3 unspecified atom stereocenters. The predicted molar refractivity (Wildman–Crippen MR) is 79.6 cm³/mol. The largest absolute Gasteiger partial charge is 0.375 e. The minimum absolute atomic E-state index is 0.132. The summed E-state index contributed by atoms with van der Waals surface area (Å²) in [5, 5.41) is 0. The normalized spacial score (nSPS) is 39.3. The van der Waals surface area contributed by atoms with Crippen molar-refractivity contribution in [3.8, 4) is 0 Å². The van der Waals surface area contributed by atoms with Crippen LogP contribution in [0.1, 0.15) is 51.4 Å². The van der Waals surface area contributed by atoms with Gasteiger partial charge in [-0.25, -0.2) is 0 Å². The summed E-state index contributed by atoms with van der Waals surface area (Å²) in [4.78, 5) is 0. The van der Waals surface area contributed by atoms with E-state index < -0.39 is 0 Å². The van der Waals surface area contributed by atoms with E-state index in [4.69, 9.17) is 15.2 Å². The van der Waals surface area contributed by atoms with Crippen LogP contribution in [0.3, 0.4) is 0 Å². The Bertz CT molecular complexity index is 288. The van der Waals surface area contributed by atoms with E-state index in [0.29, 0.717) is 12.2 Å². The highest BCUT2D eigenvalue weighted by atomic mass is 32.2. The second-order valence-electron chi connectivity index (χ2n) is 6.38. The second kappa shape index (κ2) is 6.33. The zero-order valence-electron chi connectivity index (χ0n) is 11.8. The molecule has 0 aromatic heterocycles. The predicted octanol–water partition coefficient (Wildman–Crippen LogP) is 2.72. The minimum atomic E-state index is 0.132. The van der Waals surface area contributed by atoms with Crippen molar-refractivity contribution in [2.75, 3.05) is 18.1 Å². The number of rotatable bonds is 2. The number of hydrogen-bond acceptors (Lipinski definition) is 4. The van der Waals surface area contributed by atoms with Crippen molar-refractivity contribution < 1.29 is 9.47 Å². The van der Waals surface area contributed by atoms with E-state index in [1.54, 1.807) is 0 Å². The van der Waals surface area contributed by atoms with Gasteiger partial charge in [0.25, 0.3) is 0 Å². The molecule has 2 heterocycles. The van der Waals surface area contributed by atoms with E-state index in [9.17, 15) is 0 Å². The molecule has 3 atom stereocenters. The summed E-state index contributed by atoms with van der Waals surface area (Å²) in [6, 6.07) is 0.259. The van der Waals surface area contributed by atoms with Crippen molar-refractivity contribution in [1.29, 1.82) is 0 Å². The van der Waals surface area contributed by atoms with Gasteiger partial charge in [-0.15, -0.1) is 0 Å². The highest BCUT2D eigenvalue weighted by molar-refractivity contribution is 7.99. The average Bonchev–Trinajstić information content (AvgIpc) is 2.42. The summed E-state index contributed by atoms with van der Waals surface area (Å²) < 4.78 is 12.5. The highest BCUT2D eigenvalue weighted by Gasteiger charge is 2.40. The fourth-order valence-electron chi connectivity index (χ4n) is 3.73. The van der Waals surface area contributed by atoms with Crippen molar-refractivity contribution in [2.24, 2.45) is 5.73 Å². The van der Waals surface area contributed by atoms with Gasteiger partial charge in [0.15, 0.2) is 0 Å². The smallest absolute Gasteiger partial charge is 0.0729 e. The Balaban J connectivity index is 1.55. The molecular weight excluding hydrogens is 258 g/mol. The van der Waals surface area contributed by atoms with Crippen LogP contribution < -0.4 is 5.73 Å². The molecule has 0 aromatic rings. The quantitative estimate of drug-likeness (QED) is 0.847. The molecule has 19 heavy (non-hydrogen) atoms. The first-order valence-corrected chi connectivity index (χ1v) is 9.06. The Labute approximate surface area is 121 Å². The lowest BCUT2D eigenvalue weighted by atomic mass is 9.86. The van der Waals surface area contributed by atoms with E-state index in [1.165, 1.54) is 37.2 Å². The summed E-state index contributed by atoms with van der Waals surface area (Å²) in [5.41, 5.74) is 6.34. The molecule has 3 fully saturated rings. The lowest BCUT2D eigenvalue weighted by Crippen LogP contribution is -2.48. The lowest BCUT2D eigenvalue weighted by molar-refractivity contribution is -0.156. The second-order valence-corrected chi connectivity index (χ2v) is 7.61. The van der Waals surface area contributed by atoms with Crippen molar-refractivity contribution in [2.45, 2.75) is 75.2 Å². The Kier molecular flexibility index (Phi) is 4.73. The fourth-order valence-corrected chi connectivity index (χ4v) is 4.97. The van der Waals surface area contributed by atoms with E-state index in [1.807, 2.05) is 0 Å². The van der Waals surface area contributed by atoms with Gasteiger partial charge in [-0.1, -0.05) is 12.8 Å². The zero-order chi connectivity index (χ0) is 13.1. The van der Waals surface area contributed by atoms with Crippen LogP contribution in [0, 0.1) is 0 Å². The van der Waals surface area contributed by atoms with Crippen LogP contribution in [0.4, 0.5) is 0 Å². The van der Waals surface area contributed by atoms with Gasteiger partial charge in [0.05, 0.1) is 17.8 Å². The summed E-state index contributed by atoms with van der Waals surface area (Å²) in [6.07, 6.45) is 10.1. The molecule has 0 radical (unpaired) electrons. The fraction of sp³-hybridized carbons (Fsp3) is 1.00. The molecule has 110 valence electrons. The van der Waals surface area contributed by atoms with Crippen LogP contribution in [0.2, 0.25) is 0 Å². The van der Waals surface area contributed by atoms with E-state index >= 15 is 0 Å². The molecule has 2 aliphatic heterocycles. The number of thioether (sulfide) groups is 1. The Morgan fingerprint density at radius 3 is 2.68 bits per heavy atom. The van der Waals surface area contributed by atoms with Crippen LogP contribution in [0.25, 0.3) is 0 Å². The van der Waals surface area contributed by atoms with Crippen molar-refractivity contribution in [3.05, 3.63) is 0 Å². The highest BCUT2D eigenvalue weighted by Crippen LogP contribution is 2.39. The van der Waals surface area contributed by atoms with E-state index in [-0.39, 0.29) is 11.6 Å². The van der Waals surface area contributed by atoms with Gasteiger partial charge in [0.2, 0.25) is 0 Å². The molecule has 3 nitrogen and oxygen atoms in total. The third-order valence-electron chi connectivity index (χ3n) is 4.97. The molecule has 1 spiro atoms. The third kappa shape index (κ3) is 3.46. The van der Waals surface area contributed by atoms with Crippen LogP contribution in [0.15, 0.2) is 0 Å². The van der Waals surface area contributed by atoms with Gasteiger partial charge in [-0.3, -0.25) is 0 Å². The van der Waals surface area contributed by atoms with Gasteiger partial charge in [0.1, 0.15) is 0 Å². The van der Waals surface area contributed by atoms with Crippen LogP contribution in [-0.2, 0) is 9.47 Å². The molecule has 2 saturated heterocycles. The summed E-state index contributed by atoms with van der Waals surface area (Å²) in [6.45, 7) is 0.872. The van der Waals surface area contributed by atoms with E-state index in [2.05, 4.69) is 11.8 Å². The molecule has 0 bridgehead atoms. The van der Waals surface area contributed by atoms with Crippen LogP contribution in [0.5, 0.6) is 0 Å². The van der Waals surface area contributed by atoms with Gasteiger partial charge in [0, 0.05) is 19.1 Å². The molecular formula is C15H27NO2S. The van der Waals surface area contributed by atoms with Crippen LogP contribution in [-0.4, -0.2) is 42.0 Å². The maximum atomic E-state index is 6.36. The first kappa shape index (κ1) is 14.2. The maximum Gasteiger partial charge on any atom is 0.0729 e. The minimum Gasteiger partial charge on any atom is -0.375 e. The summed E-state index contributed by atoms with van der Waals surface area (Å²) in [7, 11) is 0. The number of nitrogens with two attached hydrogens (primary N) is 1. The SMILES string of the molecule is NC1CCCCC1OC1CCOC2(CCSCC2)C1. The standard InChI is InChI=1S/C15H27NO2S/c16-13-3-1-2-4-14(13)18-12-5-8-17-15(11-12)6-9-19-10-7-15/h12-14H,1-11,16H2. The average molecular weight is 285 g/mol. The van der Waals surface area contributed by atoms with Gasteiger partial charge < -0.3 is 15.2 Å². The summed E-state index contributed by atoms with van der Waals surface area (Å²) in [5.74, 6) is 2.49. The Morgan fingerprint density at radius 1 is 1.11 bits per heavy atom. The Hall–Kier alpha value is 0.230. The van der Waals surface area contributed by atoms with Gasteiger partial charge in [-0.05, 0) is 43.6 Å². The molecule has 3 aliphatic rings. The number of hydrogen-bond donors (Lipinski definition) is 1. The maximum absolute atomic E-state index is 6.36. The van der Waals surface area contributed by atoms with Crippen LogP contribution >= 0.6 is 11.8 Å². The molecule has 1 aliphatic carbocycles. The Morgan fingerprint density at radius 2 is 1.89 bits per heavy atom. The molecule has 1 saturated carbocycles. The molecule has 0 amide bonds. The molecule has 2 N–H and O–H groups in total. The van der Waals surface area contributed by atoms with Crippen molar-refractivity contribution >= 4 is 11.8 Å². The van der Waals surface area contributed by atoms with Crippen molar-refractivity contribution in [1.82, 2.24) is 0 Å².